The third kappa shape index (κ3) is 8.76. The van der Waals surface area contributed by atoms with Gasteiger partial charge in [-0.25, -0.2) is 0 Å². The van der Waals surface area contributed by atoms with Crippen LogP contribution in [0.15, 0.2) is 30.3 Å². The van der Waals surface area contributed by atoms with E-state index in [1.165, 1.54) is 57.3 Å². The van der Waals surface area contributed by atoms with Crippen LogP contribution in [0, 0.1) is 5.41 Å². The predicted octanol–water partition coefficient (Wildman–Crippen LogP) is 3.88. The van der Waals surface area contributed by atoms with Crippen LogP contribution >= 0.6 is 24.8 Å². The zero-order chi connectivity index (χ0) is 15.6. The molecular weight excluding hydrogens is 343 g/mol. The molecule has 3 N–H and O–H groups in total. The molecule has 1 aliphatic heterocycles. The van der Waals surface area contributed by atoms with Crippen molar-refractivity contribution in [1.29, 1.82) is 5.41 Å². The fourth-order valence-electron chi connectivity index (χ4n) is 3.09. The van der Waals surface area contributed by atoms with E-state index in [9.17, 15) is 0 Å². The monoisotopic (exact) mass is 374 g/mol. The molecule has 0 spiro atoms. The topological polar surface area (TPSA) is 56.4 Å². The molecule has 4 nitrogen and oxygen atoms in total. The molecule has 2 rings (SSSR count). The van der Waals surface area contributed by atoms with Crippen LogP contribution in [0.2, 0.25) is 0 Å². The number of benzene rings is 1. The van der Waals surface area contributed by atoms with Crippen molar-refractivity contribution >= 4 is 30.8 Å². The molecule has 6 heteroatoms. The zero-order valence-corrected chi connectivity index (χ0v) is 16.1. The predicted molar refractivity (Wildman–Crippen MR) is 107 cm³/mol. The quantitative estimate of drug-likeness (QED) is 0.391. The number of hydrogen-bond acceptors (Lipinski definition) is 2. The number of nitrogens with zero attached hydrogens (tertiary/aromatic N) is 2. The Balaban J connectivity index is 0.00000264. The molecule has 0 aromatic heterocycles. The van der Waals surface area contributed by atoms with Crippen LogP contribution in [0.25, 0.3) is 0 Å². The van der Waals surface area contributed by atoms with Crippen molar-refractivity contribution in [1.82, 2.24) is 9.80 Å². The lowest BCUT2D eigenvalue weighted by molar-refractivity contribution is 0.324. The number of rotatable bonds is 9. The smallest absolute Gasteiger partial charge is 0.188 e. The van der Waals surface area contributed by atoms with E-state index in [1.54, 1.807) is 0 Å². The number of guanidine groups is 1. The Morgan fingerprint density at radius 1 is 1.00 bits per heavy atom. The Morgan fingerprint density at radius 2 is 1.62 bits per heavy atom. The Morgan fingerprint density at radius 3 is 2.25 bits per heavy atom. The molecule has 1 aromatic carbocycles. The minimum Gasteiger partial charge on any atom is -0.370 e. The minimum absolute atomic E-state index is 0. The average molecular weight is 375 g/mol. The molecule has 0 saturated carbocycles. The van der Waals surface area contributed by atoms with Gasteiger partial charge in [-0.3, -0.25) is 5.41 Å². The van der Waals surface area contributed by atoms with E-state index in [0.29, 0.717) is 0 Å². The lowest BCUT2D eigenvalue weighted by Crippen LogP contribution is -2.36. The fourth-order valence-corrected chi connectivity index (χ4v) is 3.09. The third-order valence-electron chi connectivity index (χ3n) is 4.41. The highest BCUT2D eigenvalue weighted by Crippen LogP contribution is 2.10. The van der Waals surface area contributed by atoms with E-state index >= 15 is 0 Å². The number of likely N-dealkylation sites (tertiary alicyclic amines) is 1. The Hall–Kier alpha value is -0.970. The van der Waals surface area contributed by atoms with E-state index in [0.717, 1.165) is 19.5 Å². The maximum absolute atomic E-state index is 7.73. The summed E-state index contributed by atoms with van der Waals surface area (Å²) in [4.78, 5) is 4.55. The molecule has 1 saturated heterocycles. The minimum atomic E-state index is 0. The maximum atomic E-state index is 7.73. The highest BCUT2D eigenvalue weighted by molar-refractivity contribution is 5.85. The van der Waals surface area contributed by atoms with Gasteiger partial charge < -0.3 is 15.5 Å². The van der Waals surface area contributed by atoms with Crippen molar-refractivity contribution in [3.8, 4) is 0 Å². The van der Waals surface area contributed by atoms with Gasteiger partial charge in [-0.1, -0.05) is 43.2 Å². The van der Waals surface area contributed by atoms with Gasteiger partial charge in [-0.15, -0.1) is 24.8 Å². The summed E-state index contributed by atoms with van der Waals surface area (Å²) in [5, 5.41) is 7.73. The first-order valence-corrected chi connectivity index (χ1v) is 8.61. The summed E-state index contributed by atoms with van der Waals surface area (Å²) in [6, 6.07) is 10.3. The summed E-state index contributed by atoms with van der Waals surface area (Å²) in [5.41, 5.74) is 6.93. The lowest BCUT2D eigenvalue weighted by atomic mass is 10.1. The van der Waals surface area contributed by atoms with Crippen LogP contribution in [0.1, 0.15) is 44.1 Å². The normalized spacial score (nSPS) is 13.8. The van der Waals surface area contributed by atoms with Gasteiger partial charge >= 0.3 is 0 Å². The lowest BCUT2D eigenvalue weighted by Gasteiger charge is -2.22. The number of halogens is 2. The first kappa shape index (κ1) is 23.0. The summed E-state index contributed by atoms with van der Waals surface area (Å²) in [7, 11) is 0. The Bertz CT molecular complexity index is 436. The molecule has 0 bridgehead atoms. The molecule has 0 aliphatic carbocycles. The molecule has 0 atom stereocenters. The van der Waals surface area contributed by atoms with E-state index in [2.05, 4.69) is 17.0 Å². The van der Waals surface area contributed by atoms with Crippen molar-refractivity contribution in [2.24, 2.45) is 5.73 Å². The molecule has 1 heterocycles. The van der Waals surface area contributed by atoms with Gasteiger partial charge in [-0.2, -0.15) is 0 Å². The summed E-state index contributed by atoms with van der Waals surface area (Å²) in [6.45, 7) is 5.49. The summed E-state index contributed by atoms with van der Waals surface area (Å²) >= 11 is 0. The third-order valence-corrected chi connectivity index (χ3v) is 4.41. The largest absolute Gasteiger partial charge is 0.370 e. The number of nitrogens with one attached hydrogen (secondary N) is 1. The molecule has 0 unspecified atom stereocenters. The standard InChI is InChI=1S/C18H30N4.2ClH/c19-18(20)22(16-17-10-4-3-5-11-17)15-7-2-1-6-12-21-13-8-9-14-21;;/h3-5,10-11H,1-2,6-9,12-16H2,(H3,19,20);2*1H. The first-order valence-electron chi connectivity index (χ1n) is 8.61. The van der Waals surface area contributed by atoms with Crippen molar-refractivity contribution in [3.63, 3.8) is 0 Å². The van der Waals surface area contributed by atoms with E-state index in [-0.39, 0.29) is 30.8 Å². The molecule has 138 valence electrons. The molecular formula is C18H32Cl2N4. The van der Waals surface area contributed by atoms with Gasteiger partial charge in [0.05, 0.1) is 0 Å². The van der Waals surface area contributed by atoms with Gasteiger partial charge in [0.2, 0.25) is 0 Å². The van der Waals surface area contributed by atoms with Gasteiger partial charge in [0.15, 0.2) is 5.96 Å². The van der Waals surface area contributed by atoms with Gasteiger partial charge in [0, 0.05) is 13.1 Å². The number of unbranched alkanes of at least 4 members (excludes halogenated alkanes) is 3. The Labute approximate surface area is 159 Å². The SMILES string of the molecule is Cl.Cl.N=C(N)N(CCCCCCN1CCCC1)Cc1ccccc1. The van der Waals surface area contributed by atoms with Gasteiger partial charge in [0.1, 0.15) is 0 Å². The van der Waals surface area contributed by atoms with Crippen LogP contribution < -0.4 is 5.73 Å². The number of hydrogen-bond donors (Lipinski definition) is 2. The summed E-state index contributed by atoms with van der Waals surface area (Å²) < 4.78 is 0. The zero-order valence-electron chi connectivity index (χ0n) is 14.5. The van der Waals surface area contributed by atoms with E-state index < -0.39 is 0 Å². The second-order valence-electron chi connectivity index (χ2n) is 6.26. The molecule has 0 radical (unpaired) electrons. The molecule has 1 aromatic rings. The van der Waals surface area contributed by atoms with Crippen LogP contribution in [0.4, 0.5) is 0 Å². The first-order chi connectivity index (χ1) is 10.8. The second-order valence-corrected chi connectivity index (χ2v) is 6.26. The summed E-state index contributed by atoms with van der Waals surface area (Å²) in [5.74, 6) is 0.181. The molecule has 1 fully saturated rings. The van der Waals surface area contributed by atoms with Crippen LogP contribution in [0.3, 0.4) is 0 Å². The number of nitrogens with two attached hydrogens (primary N) is 1. The fraction of sp³-hybridized carbons (Fsp3) is 0.611. The van der Waals surface area contributed by atoms with E-state index in [4.69, 9.17) is 11.1 Å². The molecule has 0 amide bonds. The average Bonchev–Trinajstić information content (AvgIpc) is 3.03. The van der Waals surface area contributed by atoms with Crippen LogP contribution in [0.5, 0.6) is 0 Å². The highest BCUT2D eigenvalue weighted by atomic mass is 35.5. The molecule has 1 aliphatic rings. The van der Waals surface area contributed by atoms with Crippen molar-refractivity contribution in [3.05, 3.63) is 35.9 Å². The highest BCUT2D eigenvalue weighted by Gasteiger charge is 2.10. The Kier molecular flexibility index (Phi) is 12.8. The van der Waals surface area contributed by atoms with Crippen LogP contribution in [-0.4, -0.2) is 41.9 Å². The van der Waals surface area contributed by atoms with Crippen molar-refractivity contribution < 1.29 is 0 Å². The molecule has 24 heavy (non-hydrogen) atoms. The second kappa shape index (κ2) is 13.3. The van der Waals surface area contributed by atoms with Crippen molar-refractivity contribution in [2.45, 2.75) is 45.1 Å². The summed E-state index contributed by atoms with van der Waals surface area (Å²) in [6.07, 6.45) is 7.70. The maximum Gasteiger partial charge on any atom is 0.188 e. The van der Waals surface area contributed by atoms with Gasteiger partial charge in [-0.05, 0) is 50.9 Å². The van der Waals surface area contributed by atoms with E-state index in [1.807, 2.05) is 23.1 Å². The van der Waals surface area contributed by atoms with Crippen LogP contribution in [-0.2, 0) is 6.54 Å². The van der Waals surface area contributed by atoms with Crippen molar-refractivity contribution in [2.75, 3.05) is 26.2 Å². The van der Waals surface area contributed by atoms with Gasteiger partial charge in [0.25, 0.3) is 0 Å².